The van der Waals surface area contributed by atoms with Crippen molar-refractivity contribution in [1.82, 2.24) is 9.97 Å². The van der Waals surface area contributed by atoms with E-state index in [9.17, 15) is 0 Å². The van der Waals surface area contributed by atoms with E-state index in [4.69, 9.17) is 5.73 Å². The summed E-state index contributed by atoms with van der Waals surface area (Å²) in [6.45, 7) is 4.16. The molecule has 0 spiro atoms. The first-order valence-electron chi connectivity index (χ1n) is 6.16. The van der Waals surface area contributed by atoms with Gasteiger partial charge in [0.15, 0.2) is 0 Å². The van der Waals surface area contributed by atoms with Crippen LogP contribution in [0.3, 0.4) is 0 Å². The Kier molecular flexibility index (Phi) is 4.10. The summed E-state index contributed by atoms with van der Waals surface area (Å²) in [6.07, 6.45) is 3.75. The summed E-state index contributed by atoms with van der Waals surface area (Å²) >= 11 is 2.06. The molecule has 1 saturated carbocycles. The molecule has 17 heavy (non-hydrogen) atoms. The second-order valence-electron chi connectivity index (χ2n) is 4.48. The van der Waals surface area contributed by atoms with Crippen molar-refractivity contribution in [3.8, 4) is 0 Å². The van der Waals surface area contributed by atoms with Crippen molar-refractivity contribution in [3.05, 3.63) is 11.8 Å². The molecular weight excluding hydrogens is 232 g/mol. The third-order valence-electron chi connectivity index (χ3n) is 3.01. The van der Waals surface area contributed by atoms with Crippen LogP contribution in [-0.4, -0.2) is 27.0 Å². The van der Waals surface area contributed by atoms with E-state index in [1.54, 1.807) is 0 Å². The lowest BCUT2D eigenvalue weighted by Gasteiger charge is -2.14. The molecule has 0 saturated heterocycles. The fraction of sp³-hybridized carbons (Fsp3) is 0.667. The lowest BCUT2D eigenvalue weighted by Crippen LogP contribution is -2.17. The number of rotatable bonds is 4. The highest BCUT2D eigenvalue weighted by Gasteiger charge is 2.24. The molecule has 2 unspecified atom stereocenters. The van der Waals surface area contributed by atoms with Crippen LogP contribution in [0.15, 0.2) is 6.07 Å². The molecule has 0 aliphatic heterocycles. The minimum absolute atomic E-state index is 0.352. The number of anilines is 2. The zero-order valence-corrected chi connectivity index (χ0v) is 11.3. The smallest absolute Gasteiger partial charge is 0.222 e. The molecule has 4 nitrogen and oxygen atoms in total. The number of hydrogen-bond donors (Lipinski definition) is 2. The minimum atomic E-state index is 0.352. The Morgan fingerprint density at radius 1 is 1.47 bits per heavy atom. The van der Waals surface area contributed by atoms with Crippen molar-refractivity contribution in [1.29, 1.82) is 0 Å². The number of nitrogens with two attached hydrogens (primary N) is 1. The largest absolute Gasteiger partial charge is 0.368 e. The van der Waals surface area contributed by atoms with Crippen LogP contribution in [0.1, 0.15) is 31.9 Å². The van der Waals surface area contributed by atoms with Gasteiger partial charge in [-0.1, -0.05) is 6.92 Å². The molecule has 3 N–H and O–H groups in total. The molecule has 1 heterocycles. The van der Waals surface area contributed by atoms with E-state index >= 15 is 0 Å². The molecule has 1 aromatic rings. The van der Waals surface area contributed by atoms with E-state index in [0.717, 1.165) is 16.8 Å². The minimum Gasteiger partial charge on any atom is -0.368 e. The highest BCUT2D eigenvalue weighted by atomic mass is 32.2. The molecule has 0 aromatic carbocycles. The maximum atomic E-state index is 5.64. The number of thioether (sulfide) groups is 1. The predicted molar refractivity (Wildman–Crippen MR) is 74.4 cm³/mol. The zero-order chi connectivity index (χ0) is 12.3. The number of nitrogens with one attached hydrogen (secondary N) is 1. The zero-order valence-electron chi connectivity index (χ0n) is 10.4. The second-order valence-corrected chi connectivity index (χ2v) is 6.06. The van der Waals surface area contributed by atoms with Gasteiger partial charge in [-0.15, -0.1) is 0 Å². The summed E-state index contributed by atoms with van der Waals surface area (Å²) in [5, 5.41) is 4.27. The topological polar surface area (TPSA) is 63.8 Å². The van der Waals surface area contributed by atoms with E-state index in [-0.39, 0.29) is 0 Å². The van der Waals surface area contributed by atoms with E-state index in [1.165, 1.54) is 25.0 Å². The summed E-state index contributed by atoms with van der Waals surface area (Å²) in [5.74, 6) is 2.42. The average molecular weight is 252 g/mol. The Bertz CT molecular complexity index is 363. The van der Waals surface area contributed by atoms with Crippen LogP contribution in [-0.2, 0) is 0 Å². The lowest BCUT2D eigenvalue weighted by atomic mass is 10.2. The summed E-state index contributed by atoms with van der Waals surface area (Å²) in [5.41, 5.74) is 6.56. The Hall–Kier alpha value is -0.970. The first-order valence-corrected chi connectivity index (χ1v) is 7.21. The molecular formula is C12H20N4S. The molecule has 2 atom stereocenters. The Labute approximate surface area is 107 Å². The van der Waals surface area contributed by atoms with Gasteiger partial charge in [0, 0.05) is 23.1 Å². The van der Waals surface area contributed by atoms with Crippen molar-refractivity contribution in [2.24, 2.45) is 0 Å². The fourth-order valence-corrected chi connectivity index (χ4v) is 3.48. The van der Waals surface area contributed by atoms with E-state index < -0.39 is 0 Å². The molecule has 1 aliphatic rings. The van der Waals surface area contributed by atoms with Crippen LogP contribution in [0, 0.1) is 6.92 Å². The molecule has 0 radical (unpaired) electrons. The number of nitrogen functional groups attached to an aromatic ring is 1. The van der Waals surface area contributed by atoms with Crippen LogP contribution in [0.2, 0.25) is 0 Å². The summed E-state index contributed by atoms with van der Waals surface area (Å²) in [4.78, 5) is 8.29. The highest BCUT2D eigenvalue weighted by Crippen LogP contribution is 2.31. The van der Waals surface area contributed by atoms with Crippen molar-refractivity contribution in [3.63, 3.8) is 0 Å². The van der Waals surface area contributed by atoms with Crippen LogP contribution < -0.4 is 11.1 Å². The van der Waals surface area contributed by atoms with Gasteiger partial charge in [-0.3, -0.25) is 0 Å². The molecule has 1 aliphatic carbocycles. The maximum Gasteiger partial charge on any atom is 0.222 e. The van der Waals surface area contributed by atoms with Crippen LogP contribution in [0.4, 0.5) is 11.8 Å². The number of aromatic nitrogens is 2. The van der Waals surface area contributed by atoms with Gasteiger partial charge in [-0.05, 0) is 31.9 Å². The maximum absolute atomic E-state index is 5.64. The summed E-state index contributed by atoms with van der Waals surface area (Å²) in [6, 6.07) is 2.49. The van der Waals surface area contributed by atoms with Crippen molar-refractivity contribution < 1.29 is 0 Å². The van der Waals surface area contributed by atoms with Gasteiger partial charge in [-0.25, -0.2) is 4.98 Å². The number of aryl methyl sites for hydroxylation is 1. The second kappa shape index (κ2) is 5.58. The van der Waals surface area contributed by atoms with Crippen molar-refractivity contribution in [2.75, 3.05) is 16.8 Å². The monoisotopic (exact) mass is 252 g/mol. The van der Waals surface area contributed by atoms with Crippen LogP contribution >= 0.6 is 11.8 Å². The SMILES string of the molecule is CCSC1CCC(Nc2cc(C)nc(N)n2)C1. The molecule has 2 rings (SSSR count). The third kappa shape index (κ3) is 3.49. The first kappa shape index (κ1) is 12.5. The van der Waals surface area contributed by atoms with Gasteiger partial charge < -0.3 is 11.1 Å². The lowest BCUT2D eigenvalue weighted by molar-refractivity contribution is 0.751. The van der Waals surface area contributed by atoms with Gasteiger partial charge in [0.25, 0.3) is 0 Å². The number of hydrogen-bond acceptors (Lipinski definition) is 5. The molecule has 94 valence electrons. The van der Waals surface area contributed by atoms with Gasteiger partial charge in [0.1, 0.15) is 5.82 Å². The van der Waals surface area contributed by atoms with Crippen LogP contribution in [0.25, 0.3) is 0 Å². The van der Waals surface area contributed by atoms with E-state index in [0.29, 0.717) is 12.0 Å². The fourth-order valence-electron chi connectivity index (χ4n) is 2.33. The average Bonchev–Trinajstić information content (AvgIpc) is 2.64. The van der Waals surface area contributed by atoms with Gasteiger partial charge >= 0.3 is 0 Å². The van der Waals surface area contributed by atoms with Gasteiger partial charge in [0.05, 0.1) is 0 Å². The van der Waals surface area contributed by atoms with Gasteiger partial charge in [0.2, 0.25) is 5.95 Å². The Balaban J connectivity index is 1.93. The molecule has 1 fully saturated rings. The Morgan fingerprint density at radius 2 is 2.29 bits per heavy atom. The normalized spacial score (nSPS) is 23.9. The van der Waals surface area contributed by atoms with E-state index in [1.807, 2.05) is 13.0 Å². The summed E-state index contributed by atoms with van der Waals surface area (Å²) < 4.78 is 0. The molecule has 0 bridgehead atoms. The first-order chi connectivity index (χ1) is 8.17. The van der Waals surface area contributed by atoms with Crippen LogP contribution in [0.5, 0.6) is 0 Å². The van der Waals surface area contributed by atoms with E-state index in [2.05, 4.69) is 34.0 Å². The molecule has 1 aromatic heterocycles. The Morgan fingerprint density at radius 3 is 3.00 bits per heavy atom. The standard InChI is InChI=1S/C12H20N4S/c1-3-17-10-5-4-9(7-10)15-11-6-8(2)14-12(13)16-11/h6,9-10H,3-5,7H2,1-2H3,(H3,13,14,15,16). The third-order valence-corrected chi connectivity index (χ3v) is 4.24. The highest BCUT2D eigenvalue weighted by molar-refractivity contribution is 7.99. The summed E-state index contributed by atoms with van der Waals surface area (Å²) in [7, 11) is 0. The quantitative estimate of drug-likeness (QED) is 0.861. The van der Waals surface area contributed by atoms with Gasteiger partial charge in [-0.2, -0.15) is 16.7 Å². The predicted octanol–water partition coefficient (Wildman–Crippen LogP) is 2.45. The van der Waals surface area contributed by atoms with Crippen molar-refractivity contribution >= 4 is 23.5 Å². The number of nitrogens with zero attached hydrogens (tertiary/aromatic N) is 2. The molecule has 0 amide bonds. The molecule has 5 heteroatoms. The van der Waals surface area contributed by atoms with Crippen molar-refractivity contribution in [2.45, 2.75) is 44.4 Å².